The first-order valence-electron chi connectivity index (χ1n) is 9.70. The van der Waals surface area contributed by atoms with Crippen LogP contribution in [0.4, 0.5) is 10.1 Å². The first-order chi connectivity index (χ1) is 14.5. The SMILES string of the molecule is O=C(NC1(c2ccc(F)cc2)CCCC1)c1ccc(Cl)c(NC(=O)c2cccs2)c1. The predicted octanol–water partition coefficient (Wildman–Crippen LogP) is 5.99. The molecule has 1 heterocycles. The van der Waals surface area contributed by atoms with Gasteiger partial charge in [-0.15, -0.1) is 11.3 Å². The van der Waals surface area contributed by atoms with Crippen LogP contribution in [0.3, 0.4) is 0 Å². The van der Waals surface area contributed by atoms with Crippen LogP contribution in [0, 0.1) is 5.82 Å². The highest BCUT2D eigenvalue weighted by Crippen LogP contribution is 2.39. The molecular formula is C23H20ClFN2O2S. The lowest BCUT2D eigenvalue weighted by Gasteiger charge is -2.31. The summed E-state index contributed by atoms with van der Waals surface area (Å²) in [6.07, 6.45) is 3.56. The Hall–Kier alpha value is -2.70. The van der Waals surface area contributed by atoms with Crippen molar-refractivity contribution in [2.24, 2.45) is 0 Å². The normalized spacial score (nSPS) is 15.0. The van der Waals surface area contributed by atoms with Crippen LogP contribution < -0.4 is 10.6 Å². The van der Waals surface area contributed by atoms with Crippen LogP contribution in [-0.2, 0) is 5.54 Å². The number of anilines is 1. The molecule has 0 atom stereocenters. The summed E-state index contributed by atoms with van der Waals surface area (Å²) in [5, 5.41) is 8.09. The molecule has 154 valence electrons. The third-order valence-corrected chi connectivity index (χ3v) is 6.63. The van der Waals surface area contributed by atoms with Gasteiger partial charge in [0.25, 0.3) is 11.8 Å². The Morgan fingerprint density at radius 2 is 1.73 bits per heavy atom. The summed E-state index contributed by atoms with van der Waals surface area (Å²) in [7, 11) is 0. The third kappa shape index (κ3) is 4.25. The summed E-state index contributed by atoms with van der Waals surface area (Å²) in [5.74, 6) is -0.838. The maximum absolute atomic E-state index is 13.4. The minimum absolute atomic E-state index is 0.260. The molecule has 3 aromatic rings. The smallest absolute Gasteiger partial charge is 0.265 e. The van der Waals surface area contributed by atoms with Gasteiger partial charge in [-0.05, 0) is 60.2 Å². The molecule has 4 rings (SSSR count). The van der Waals surface area contributed by atoms with E-state index < -0.39 is 5.54 Å². The number of hydrogen-bond donors (Lipinski definition) is 2. The Morgan fingerprint density at radius 1 is 1.00 bits per heavy atom. The van der Waals surface area contributed by atoms with Crippen LogP contribution >= 0.6 is 22.9 Å². The van der Waals surface area contributed by atoms with Gasteiger partial charge in [-0.25, -0.2) is 4.39 Å². The van der Waals surface area contributed by atoms with Gasteiger partial charge >= 0.3 is 0 Å². The zero-order valence-electron chi connectivity index (χ0n) is 16.1. The van der Waals surface area contributed by atoms with E-state index in [0.29, 0.717) is 21.2 Å². The van der Waals surface area contributed by atoms with E-state index in [0.717, 1.165) is 31.2 Å². The first kappa shape index (κ1) is 20.6. The highest BCUT2D eigenvalue weighted by atomic mass is 35.5. The number of benzene rings is 2. The van der Waals surface area contributed by atoms with Gasteiger partial charge in [0.15, 0.2) is 0 Å². The van der Waals surface area contributed by atoms with E-state index in [2.05, 4.69) is 10.6 Å². The number of thiophene rings is 1. The van der Waals surface area contributed by atoms with Gasteiger partial charge < -0.3 is 10.6 Å². The number of amides is 2. The lowest BCUT2D eigenvalue weighted by Crippen LogP contribution is -2.43. The topological polar surface area (TPSA) is 58.2 Å². The fourth-order valence-corrected chi connectivity index (χ4v) is 4.66. The number of hydrogen-bond acceptors (Lipinski definition) is 3. The highest BCUT2D eigenvalue weighted by molar-refractivity contribution is 7.12. The molecule has 1 saturated carbocycles. The van der Waals surface area contributed by atoms with Crippen molar-refractivity contribution in [2.45, 2.75) is 31.2 Å². The third-order valence-electron chi connectivity index (χ3n) is 5.43. The van der Waals surface area contributed by atoms with Gasteiger partial charge in [-0.2, -0.15) is 0 Å². The second-order valence-corrected chi connectivity index (χ2v) is 8.73. The largest absolute Gasteiger partial charge is 0.343 e. The summed E-state index contributed by atoms with van der Waals surface area (Å²) in [6, 6.07) is 14.6. The van der Waals surface area contributed by atoms with Gasteiger partial charge in [0.05, 0.1) is 21.1 Å². The van der Waals surface area contributed by atoms with E-state index in [4.69, 9.17) is 11.6 Å². The van der Waals surface area contributed by atoms with Gasteiger partial charge in [0, 0.05) is 5.56 Å². The Morgan fingerprint density at radius 3 is 2.40 bits per heavy atom. The van der Waals surface area contributed by atoms with Crippen molar-refractivity contribution in [1.29, 1.82) is 0 Å². The number of carbonyl (C=O) groups excluding carboxylic acids is 2. The van der Waals surface area contributed by atoms with E-state index in [1.54, 1.807) is 42.5 Å². The fourth-order valence-electron chi connectivity index (χ4n) is 3.88. The second-order valence-electron chi connectivity index (χ2n) is 7.38. The molecule has 0 bridgehead atoms. The number of halogens is 2. The quantitative estimate of drug-likeness (QED) is 0.509. The van der Waals surface area contributed by atoms with E-state index in [1.165, 1.54) is 23.5 Å². The maximum atomic E-state index is 13.4. The molecule has 2 aromatic carbocycles. The Kier molecular flexibility index (Phi) is 5.88. The monoisotopic (exact) mass is 442 g/mol. The second kappa shape index (κ2) is 8.58. The summed E-state index contributed by atoms with van der Waals surface area (Å²) in [4.78, 5) is 26.0. The maximum Gasteiger partial charge on any atom is 0.265 e. The Labute approximate surface area is 183 Å². The molecule has 1 aliphatic rings. The lowest BCUT2D eigenvalue weighted by atomic mass is 9.87. The molecular weight excluding hydrogens is 423 g/mol. The van der Waals surface area contributed by atoms with Crippen LogP contribution in [0.15, 0.2) is 60.0 Å². The van der Waals surface area contributed by atoms with Crippen molar-refractivity contribution in [3.63, 3.8) is 0 Å². The minimum atomic E-state index is -0.523. The fraction of sp³-hybridized carbons (Fsp3) is 0.217. The molecule has 0 aliphatic heterocycles. The molecule has 1 aromatic heterocycles. The molecule has 2 N–H and O–H groups in total. The zero-order chi connectivity index (χ0) is 21.1. The highest BCUT2D eigenvalue weighted by Gasteiger charge is 2.37. The van der Waals surface area contributed by atoms with Gasteiger partial charge in [0.1, 0.15) is 5.82 Å². The summed E-state index contributed by atoms with van der Waals surface area (Å²) >= 11 is 7.56. The van der Waals surface area contributed by atoms with Crippen molar-refractivity contribution in [3.8, 4) is 0 Å². The molecule has 0 saturated heterocycles. The van der Waals surface area contributed by atoms with Gasteiger partial charge in [0.2, 0.25) is 0 Å². The first-order valence-corrected chi connectivity index (χ1v) is 11.0. The summed E-state index contributed by atoms with van der Waals surface area (Å²) in [5.41, 5.74) is 1.15. The van der Waals surface area contributed by atoms with Crippen molar-refractivity contribution >= 4 is 40.4 Å². The summed E-state index contributed by atoms with van der Waals surface area (Å²) < 4.78 is 13.4. The van der Waals surface area contributed by atoms with Crippen LogP contribution in [0.2, 0.25) is 5.02 Å². The van der Waals surface area contributed by atoms with Crippen LogP contribution in [0.1, 0.15) is 51.3 Å². The van der Waals surface area contributed by atoms with Crippen molar-refractivity contribution in [2.75, 3.05) is 5.32 Å². The van der Waals surface area contributed by atoms with Crippen LogP contribution in [0.25, 0.3) is 0 Å². The lowest BCUT2D eigenvalue weighted by molar-refractivity contribution is 0.0897. The molecule has 1 aliphatic carbocycles. The van der Waals surface area contributed by atoms with Gasteiger partial charge in [-0.3, -0.25) is 9.59 Å². The van der Waals surface area contributed by atoms with Crippen molar-refractivity contribution < 1.29 is 14.0 Å². The standard InChI is InChI=1S/C23H20ClFN2O2S/c24-18-10-5-15(14-19(18)26-22(29)20-4-3-13-30-20)21(28)27-23(11-1-2-12-23)16-6-8-17(25)9-7-16/h3-10,13-14H,1-2,11-12H2,(H,26,29)(H,27,28). The summed E-state index contributed by atoms with van der Waals surface area (Å²) in [6.45, 7) is 0. The minimum Gasteiger partial charge on any atom is -0.343 e. The molecule has 4 nitrogen and oxygen atoms in total. The van der Waals surface area contributed by atoms with Crippen molar-refractivity contribution in [3.05, 3.63) is 86.8 Å². The van der Waals surface area contributed by atoms with Crippen LogP contribution in [0.5, 0.6) is 0 Å². The average Bonchev–Trinajstić information content (AvgIpc) is 3.43. The number of rotatable bonds is 5. The number of carbonyl (C=O) groups is 2. The molecule has 7 heteroatoms. The van der Waals surface area contributed by atoms with Gasteiger partial charge in [-0.1, -0.05) is 42.6 Å². The molecule has 30 heavy (non-hydrogen) atoms. The van der Waals surface area contributed by atoms with Crippen LogP contribution in [-0.4, -0.2) is 11.8 Å². The Bertz CT molecular complexity index is 1060. The molecule has 0 radical (unpaired) electrons. The average molecular weight is 443 g/mol. The zero-order valence-corrected chi connectivity index (χ0v) is 17.7. The molecule has 0 spiro atoms. The Balaban J connectivity index is 1.56. The van der Waals surface area contributed by atoms with E-state index in [9.17, 15) is 14.0 Å². The van der Waals surface area contributed by atoms with E-state index in [-0.39, 0.29) is 17.6 Å². The van der Waals surface area contributed by atoms with Crippen molar-refractivity contribution in [1.82, 2.24) is 5.32 Å². The van der Waals surface area contributed by atoms with E-state index >= 15 is 0 Å². The molecule has 0 unspecified atom stereocenters. The molecule has 1 fully saturated rings. The number of nitrogens with one attached hydrogen (secondary N) is 2. The predicted molar refractivity (Wildman–Crippen MR) is 118 cm³/mol. The van der Waals surface area contributed by atoms with E-state index in [1.807, 2.05) is 5.38 Å². The molecule has 2 amide bonds.